The first-order valence-electron chi connectivity index (χ1n) is 7.36. The van der Waals surface area contributed by atoms with Crippen molar-refractivity contribution in [3.63, 3.8) is 0 Å². The van der Waals surface area contributed by atoms with E-state index in [9.17, 15) is 4.79 Å². The topological polar surface area (TPSA) is 66.9 Å². The zero-order valence-electron chi connectivity index (χ0n) is 13.4. The van der Waals surface area contributed by atoms with Crippen LogP contribution in [0.5, 0.6) is 0 Å². The Kier molecular flexibility index (Phi) is 5.36. The number of carbonyl (C=O) groups is 1. The number of aromatic nitrogens is 2. The van der Waals surface area contributed by atoms with Gasteiger partial charge in [0.05, 0.1) is 16.9 Å². The molecule has 0 atom stereocenters. The zero-order valence-corrected chi connectivity index (χ0v) is 16.6. The third kappa shape index (κ3) is 4.18. The van der Waals surface area contributed by atoms with E-state index >= 15 is 0 Å². The van der Waals surface area contributed by atoms with Gasteiger partial charge in [0.2, 0.25) is 0 Å². The van der Waals surface area contributed by atoms with Crippen molar-refractivity contribution >= 4 is 61.4 Å². The molecule has 2 heterocycles. The highest BCUT2D eigenvalue weighted by atomic mass is 79.9. The number of pyridine rings is 1. The van der Waals surface area contributed by atoms with Crippen LogP contribution in [0, 0.1) is 13.8 Å². The van der Waals surface area contributed by atoms with Crippen molar-refractivity contribution < 1.29 is 4.79 Å². The van der Waals surface area contributed by atoms with Crippen molar-refractivity contribution in [2.24, 2.45) is 0 Å². The molecule has 3 aromatic rings. The molecule has 5 nitrogen and oxygen atoms in total. The molecule has 0 spiro atoms. The van der Waals surface area contributed by atoms with Gasteiger partial charge in [0.1, 0.15) is 15.3 Å². The van der Waals surface area contributed by atoms with Crippen molar-refractivity contribution in [2.45, 2.75) is 13.8 Å². The molecule has 0 saturated heterocycles. The van der Waals surface area contributed by atoms with Gasteiger partial charge in [-0.05, 0) is 53.0 Å². The summed E-state index contributed by atoms with van der Waals surface area (Å²) in [7, 11) is 0. The number of rotatable bonds is 4. The molecule has 0 aliphatic carbocycles. The molecule has 0 fully saturated rings. The van der Waals surface area contributed by atoms with Gasteiger partial charge in [0.25, 0.3) is 5.91 Å². The number of nitrogens with zero attached hydrogens (tertiary/aromatic N) is 2. The molecular weight excluding hydrogens is 424 g/mol. The van der Waals surface area contributed by atoms with E-state index in [4.69, 9.17) is 11.6 Å². The normalized spacial score (nSPS) is 10.6. The van der Waals surface area contributed by atoms with E-state index in [2.05, 4.69) is 36.5 Å². The largest absolute Gasteiger partial charge is 0.320 e. The molecule has 3 rings (SSSR count). The summed E-state index contributed by atoms with van der Waals surface area (Å²) in [5, 5.41) is 7.07. The number of para-hydroxylation sites is 1. The van der Waals surface area contributed by atoms with E-state index in [0.29, 0.717) is 26.5 Å². The fraction of sp³-hybridized carbons (Fsp3) is 0.118. The lowest BCUT2D eigenvalue weighted by Crippen LogP contribution is -2.11. The lowest BCUT2D eigenvalue weighted by Gasteiger charge is -2.09. The van der Waals surface area contributed by atoms with E-state index in [0.717, 1.165) is 15.7 Å². The molecule has 0 bridgehead atoms. The Labute approximate surface area is 162 Å². The van der Waals surface area contributed by atoms with E-state index in [-0.39, 0.29) is 5.91 Å². The number of amides is 1. The molecule has 2 N–H and O–H groups in total. The van der Waals surface area contributed by atoms with Crippen LogP contribution in [0.25, 0.3) is 0 Å². The highest BCUT2D eigenvalue weighted by Gasteiger charge is 2.14. The highest BCUT2D eigenvalue weighted by Crippen LogP contribution is 2.28. The minimum Gasteiger partial charge on any atom is -0.320 e. The summed E-state index contributed by atoms with van der Waals surface area (Å²) >= 11 is 10.7. The fourth-order valence-corrected chi connectivity index (χ4v) is 3.42. The van der Waals surface area contributed by atoms with Crippen LogP contribution >= 0.6 is 38.9 Å². The van der Waals surface area contributed by atoms with Crippen LogP contribution in [0.1, 0.15) is 20.8 Å². The molecule has 128 valence electrons. The van der Waals surface area contributed by atoms with Gasteiger partial charge < -0.3 is 10.6 Å². The second kappa shape index (κ2) is 7.51. The average molecular weight is 438 g/mol. The molecule has 0 saturated carbocycles. The molecule has 0 aliphatic rings. The first-order valence-corrected chi connectivity index (χ1v) is 9.35. The van der Waals surface area contributed by atoms with Gasteiger partial charge in [-0.2, -0.15) is 0 Å². The standard InChI is InChI=1S/C17H14BrClN4OS/c1-9-4-3-5-11(19)14(9)22-16(24)12-8-20-17(25-12)23-15-10(2)6-7-13(18)21-15/h3-8H,1-2H3,(H,22,24)(H,20,21,23). The van der Waals surface area contributed by atoms with Crippen molar-refractivity contribution in [1.82, 2.24) is 9.97 Å². The predicted molar refractivity (Wildman–Crippen MR) is 106 cm³/mol. The zero-order chi connectivity index (χ0) is 18.0. The van der Waals surface area contributed by atoms with E-state index in [1.165, 1.54) is 17.5 Å². The quantitative estimate of drug-likeness (QED) is 0.524. The molecule has 8 heteroatoms. The van der Waals surface area contributed by atoms with Crippen LogP contribution < -0.4 is 10.6 Å². The van der Waals surface area contributed by atoms with Gasteiger partial charge in [0.15, 0.2) is 5.13 Å². The highest BCUT2D eigenvalue weighted by molar-refractivity contribution is 9.10. The number of hydrogen-bond acceptors (Lipinski definition) is 5. The third-order valence-electron chi connectivity index (χ3n) is 3.48. The Hall–Kier alpha value is -1.96. The van der Waals surface area contributed by atoms with Crippen molar-refractivity contribution in [2.75, 3.05) is 10.6 Å². The molecule has 0 radical (unpaired) electrons. The minimum atomic E-state index is -0.249. The Balaban J connectivity index is 1.77. The number of hydrogen-bond donors (Lipinski definition) is 2. The third-order valence-corrected chi connectivity index (χ3v) is 5.15. The van der Waals surface area contributed by atoms with Crippen LogP contribution in [-0.4, -0.2) is 15.9 Å². The summed E-state index contributed by atoms with van der Waals surface area (Å²) in [4.78, 5) is 21.6. The van der Waals surface area contributed by atoms with Gasteiger partial charge in [0, 0.05) is 0 Å². The number of nitrogens with one attached hydrogen (secondary N) is 2. The van der Waals surface area contributed by atoms with Crippen molar-refractivity contribution in [3.05, 3.63) is 62.2 Å². The number of benzene rings is 1. The van der Waals surface area contributed by atoms with Crippen LogP contribution in [-0.2, 0) is 0 Å². The molecule has 2 aromatic heterocycles. The first kappa shape index (κ1) is 17.8. The maximum absolute atomic E-state index is 12.5. The summed E-state index contributed by atoms with van der Waals surface area (Å²) < 4.78 is 0.726. The monoisotopic (exact) mass is 436 g/mol. The summed E-state index contributed by atoms with van der Waals surface area (Å²) in [5.74, 6) is 0.443. The fourth-order valence-electron chi connectivity index (χ4n) is 2.14. The minimum absolute atomic E-state index is 0.249. The van der Waals surface area contributed by atoms with Crippen molar-refractivity contribution in [1.29, 1.82) is 0 Å². The van der Waals surface area contributed by atoms with E-state index < -0.39 is 0 Å². The summed E-state index contributed by atoms with van der Waals surface area (Å²) in [6, 6.07) is 9.29. The number of carbonyl (C=O) groups excluding carboxylic acids is 1. The van der Waals surface area contributed by atoms with Gasteiger partial charge in [-0.25, -0.2) is 9.97 Å². The van der Waals surface area contributed by atoms with Crippen LogP contribution in [0.15, 0.2) is 41.1 Å². The smallest absolute Gasteiger partial charge is 0.267 e. The Morgan fingerprint density at radius 2 is 2.00 bits per heavy atom. The predicted octanol–water partition coefficient (Wildman–Crippen LogP) is 5.57. The van der Waals surface area contributed by atoms with Gasteiger partial charge in [-0.1, -0.05) is 41.1 Å². The van der Waals surface area contributed by atoms with E-state index in [1.54, 1.807) is 6.07 Å². The molecule has 1 amide bonds. The summed E-state index contributed by atoms with van der Waals surface area (Å²) in [6.07, 6.45) is 1.53. The molecule has 0 aliphatic heterocycles. The average Bonchev–Trinajstić information content (AvgIpc) is 3.03. The Morgan fingerprint density at radius 1 is 1.20 bits per heavy atom. The second-order valence-electron chi connectivity index (χ2n) is 5.34. The number of anilines is 3. The second-order valence-corrected chi connectivity index (χ2v) is 7.59. The first-order chi connectivity index (χ1) is 11.9. The lowest BCUT2D eigenvalue weighted by molar-refractivity contribution is 0.103. The lowest BCUT2D eigenvalue weighted by atomic mass is 10.2. The number of aryl methyl sites for hydroxylation is 2. The van der Waals surface area contributed by atoms with Gasteiger partial charge >= 0.3 is 0 Å². The summed E-state index contributed by atoms with van der Waals surface area (Å²) in [5.41, 5.74) is 2.50. The Morgan fingerprint density at radius 3 is 2.76 bits per heavy atom. The van der Waals surface area contributed by atoms with Crippen LogP contribution in [0.3, 0.4) is 0 Å². The van der Waals surface area contributed by atoms with Crippen molar-refractivity contribution in [3.8, 4) is 0 Å². The molecule has 0 unspecified atom stereocenters. The van der Waals surface area contributed by atoms with E-state index in [1.807, 2.05) is 38.1 Å². The number of thiazole rings is 1. The number of halogens is 2. The van der Waals surface area contributed by atoms with Crippen LogP contribution in [0.4, 0.5) is 16.6 Å². The van der Waals surface area contributed by atoms with Crippen LogP contribution in [0.2, 0.25) is 5.02 Å². The maximum atomic E-state index is 12.5. The summed E-state index contributed by atoms with van der Waals surface area (Å²) in [6.45, 7) is 3.84. The van der Waals surface area contributed by atoms with Gasteiger partial charge in [-0.3, -0.25) is 4.79 Å². The Bertz CT molecular complexity index is 924. The molecule has 1 aromatic carbocycles. The SMILES string of the molecule is Cc1ccc(Br)nc1Nc1ncc(C(=O)Nc2c(C)cccc2Cl)s1. The maximum Gasteiger partial charge on any atom is 0.267 e. The van der Waals surface area contributed by atoms with Gasteiger partial charge in [-0.15, -0.1) is 0 Å². The molecular formula is C17H14BrClN4OS. The molecule has 25 heavy (non-hydrogen) atoms.